The SMILES string of the molecule is Cc1cc(CS(=O)(=O)Nc2cccc(C#CCN)c2)no1. The summed E-state index contributed by atoms with van der Waals surface area (Å²) in [7, 11) is -3.56. The average Bonchev–Trinajstić information content (AvgIpc) is 2.80. The Morgan fingerprint density at radius 3 is 2.86 bits per heavy atom. The van der Waals surface area contributed by atoms with E-state index in [2.05, 4.69) is 21.7 Å². The summed E-state index contributed by atoms with van der Waals surface area (Å²) >= 11 is 0. The fraction of sp³-hybridized carbons (Fsp3) is 0.214. The van der Waals surface area contributed by atoms with Crippen molar-refractivity contribution in [2.24, 2.45) is 5.73 Å². The fourth-order valence-electron chi connectivity index (χ4n) is 1.71. The van der Waals surface area contributed by atoms with Crippen LogP contribution in [0.2, 0.25) is 0 Å². The third-order valence-corrected chi connectivity index (χ3v) is 3.71. The highest BCUT2D eigenvalue weighted by atomic mass is 32.2. The van der Waals surface area contributed by atoms with Crippen LogP contribution in [0.25, 0.3) is 0 Å². The van der Waals surface area contributed by atoms with Crippen LogP contribution in [-0.4, -0.2) is 20.1 Å². The zero-order valence-corrected chi connectivity index (χ0v) is 12.3. The number of sulfonamides is 1. The zero-order chi connectivity index (χ0) is 15.3. The molecule has 3 N–H and O–H groups in total. The minimum absolute atomic E-state index is 0.247. The molecule has 0 aliphatic heterocycles. The van der Waals surface area contributed by atoms with Crippen molar-refractivity contribution in [3.63, 3.8) is 0 Å². The van der Waals surface area contributed by atoms with E-state index in [1.54, 1.807) is 37.3 Å². The van der Waals surface area contributed by atoms with Crippen molar-refractivity contribution in [2.45, 2.75) is 12.7 Å². The molecule has 2 rings (SSSR count). The first-order valence-electron chi connectivity index (χ1n) is 6.20. The Morgan fingerprint density at radius 2 is 2.19 bits per heavy atom. The lowest BCUT2D eigenvalue weighted by Crippen LogP contribution is -2.15. The van der Waals surface area contributed by atoms with E-state index in [9.17, 15) is 8.42 Å². The van der Waals surface area contributed by atoms with Gasteiger partial charge in [-0.3, -0.25) is 4.72 Å². The lowest BCUT2D eigenvalue weighted by molar-refractivity contribution is 0.392. The summed E-state index contributed by atoms with van der Waals surface area (Å²) < 4.78 is 31.4. The Bertz CT molecular complexity index is 785. The first-order valence-corrected chi connectivity index (χ1v) is 7.85. The minimum atomic E-state index is -3.56. The van der Waals surface area contributed by atoms with Crippen LogP contribution in [0.3, 0.4) is 0 Å². The van der Waals surface area contributed by atoms with Gasteiger partial charge in [-0.25, -0.2) is 8.42 Å². The van der Waals surface area contributed by atoms with Gasteiger partial charge in [0.25, 0.3) is 0 Å². The van der Waals surface area contributed by atoms with Crippen molar-refractivity contribution >= 4 is 15.7 Å². The molecule has 0 fully saturated rings. The summed E-state index contributed by atoms with van der Waals surface area (Å²) in [4.78, 5) is 0. The summed E-state index contributed by atoms with van der Waals surface area (Å²) in [5.41, 5.74) is 6.80. The predicted molar refractivity (Wildman–Crippen MR) is 79.9 cm³/mol. The smallest absolute Gasteiger partial charge is 0.238 e. The van der Waals surface area contributed by atoms with Crippen molar-refractivity contribution in [3.8, 4) is 11.8 Å². The van der Waals surface area contributed by atoms with Crippen LogP contribution in [0.5, 0.6) is 0 Å². The Balaban J connectivity index is 2.13. The van der Waals surface area contributed by atoms with Crippen LogP contribution >= 0.6 is 0 Å². The first kappa shape index (κ1) is 15.1. The van der Waals surface area contributed by atoms with Gasteiger partial charge in [0.15, 0.2) is 0 Å². The molecule has 0 aliphatic rings. The zero-order valence-electron chi connectivity index (χ0n) is 11.5. The van der Waals surface area contributed by atoms with Gasteiger partial charge in [-0.05, 0) is 25.1 Å². The summed E-state index contributed by atoms with van der Waals surface area (Å²) in [6.07, 6.45) is 0. The minimum Gasteiger partial charge on any atom is -0.361 e. The van der Waals surface area contributed by atoms with Crippen molar-refractivity contribution in [2.75, 3.05) is 11.3 Å². The molecule has 0 unspecified atom stereocenters. The van der Waals surface area contributed by atoms with E-state index in [0.717, 1.165) is 0 Å². The van der Waals surface area contributed by atoms with Gasteiger partial charge in [0.2, 0.25) is 10.0 Å². The third kappa shape index (κ3) is 4.63. The van der Waals surface area contributed by atoms with Crippen molar-refractivity contribution in [1.29, 1.82) is 0 Å². The number of hydrogen-bond acceptors (Lipinski definition) is 5. The monoisotopic (exact) mass is 305 g/mol. The molecule has 0 radical (unpaired) electrons. The van der Waals surface area contributed by atoms with Gasteiger partial charge in [0.05, 0.1) is 6.54 Å². The average molecular weight is 305 g/mol. The number of benzene rings is 1. The van der Waals surface area contributed by atoms with E-state index in [-0.39, 0.29) is 12.3 Å². The molecule has 0 amide bonds. The fourth-order valence-corrected chi connectivity index (χ4v) is 2.79. The summed E-state index contributed by atoms with van der Waals surface area (Å²) in [6.45, 7) is 1.96. The van der Waals surface area contributed by atoms with Crippen LogP contribution < -0.4 is 10.5 Å². The molecule has 110 valence electrons. The predicted octanol–water partition coefficient (Wildman–Crippen LogP) is 1.24. The van der Waals surface area contributed by atoms with Crippen LogP contribution in [-0.2, 0) is 15.8 Å². The molecule has 0 atom stereocenters. The molecule has 6 nitrogen and oxygen atoms in total. The maximum absolute atomic E-state index is 12.1. The molecule has 1 heterocycles. The molecule has 0 aliphatic carbocycles. The summed E-state index contributed by atoms with van der Waals surface area (Å²) in [5.74, 6) is 5.88. The van der Waals surface area contributed by atoms with E-state index in [4.69, 9.17) is 10.3 Å². The van der Waals surface area contributed by atoms with Crippen molar-refractivity contribution in [1.82, 2.24) is 5.16 Å². The molecular weight excluding hydrogens is 290 g/mol. The van der Waals surface area contributed by atoms with E-state index < -0.39 is 10.0 Å². The molecule has 0 bridgehead atoms. The number of rotatable bonds is 4. The number of nitrogens with two attached hydrogens (primary N) is 1. The Labute approximate surface area is 123 Å². The lowest BCUT2D eigenvalue weighted by atomic mass is 10.2. The van der Waals surface area contributed by atoms with Crippen molar-refractivity contribution < 1.29 is 12.9 Å². The highest BCUT2D eigenvalue weighted by Crippen LogP contribution is 2.14. The van der Waals surface area contributed by atoms with Crippen LogP contribution in [0.15, 0.2) is 34.9 Å². The molecule has 0 spiro atoms. The number of nitrogens with one attached hydrogen (secondary N) is 1. The van der Waals surface area contributed by atoms with Crippen LogP contribution in [0.4, 0.5) is 5.69 Å². The van der Waals surface area contributed by atoms with E-state index in [1.807, 2.05) is 0 Å². The Kier molecular flexibility index (Phi) is 4.62. The molecule has 21 heavy (non-hydrogen) atoms. The number of hydrogen-bond donors (Lipinski definition) is 2. The molecular formula is C14H15N3O3S. The maximum atomic E-state index is 12.1. The highest BCUT2D eigenvalue weighted by molar-refractivity contribution is 7.91. The summed E-state index contributed by atoms with van der Waals surface area (Å²) in [6, 6.07) is 8.38. The number of aromatic nitrogens is 1. The van der Waals surface area contributed by atoms with E-state index >= 15 is 0 Å². The number of aryl methyl sites for hydroxylation is 1. The van der Waals surface area contributed by atoms with Gasteiger partial charge < -0.3 is 10.3 Å². The first-order chi connectivity index (χ1) is 9.98. The molecule has 2 aromatic rings. The van der Waals surface area contributed by atoms with Gasteiger partial charge in [-0.15, -0.1) is 0 Å². The highest BCUT2D eigenvalue weighted by Gasteiger charge is 2.14. The summed E-state index contributed by atoms with van der Waals surface area (Å²) in [5, 5.41) is 3.67. The topological polar surface area (TPSA) is 98.2 Å². The normalized spacial score (nSPS) is 10.8. The number of nitrogens with zero attached hydrogens (tertiary/aromatic N) is 1. The lowest BCUT2D eigenvalue weighted by Gasteiger charge is -2.06. The van der Waals surface area contributed by atoms with Crippen molar-refractivity contribution in [3.05, 3.63) is 47.3 Å². The molecule has 1 aromatic heterocycles. The second-order valence-corrected chi connectivity index (χ2v) is 6.10. The van der Waals surface area contributed by atoms with Gasteiger partial charge >= 0.3 is 0 Å². The maximum Gasteiger partial charge on any atom is 0.238 e. The van der Waals surface area contributed by atoms with Crippen LogP contribution in [0.1, 0.15) is 17.0 Å². The quantitative estimate of drug-likeness (QED) is 0.828. The van der Waals surface area contributed by atoms with Gasteiger partial charge in [-0.1, -0.05) is 23.1 Å². The van der Waals surface area contributed by atoms with Crippen LogP contribution in [0, 0.1) is 18.8 Å². The molecule has 1 aromatic carbocycles. The standard InChI is InChI=1S/C14H15N3O3S/c1-11-8-14(16-20-11)10-21(18,19)17-13-6-2-4-12(9-13)5-3-7-15/h2,4,6,8-9,17H,7,10,15H2,1H3. The van der Waals surface area contributed by atoms with E-state index in [0.29, 0.717) is 22.7 Å². The molecule has 7 heteroatoms. The Morgan fingerprint density at radius 1 is 1.38 bits per heavy atom. The largest absolute Gasteiger partial charge is 0.361 e. The second kappa shape index (κ2) is 6.43. The molecule has 0 saturated carbocycles. The second-order valence-electron chi connectivity index (χ2n) is 4.38. The van der Waals surface area contributed by atoms with Gasteiger partial charge in [0, 0.05) is 17.3 Å². The van der Waals surface area contributed by atoms with Gasteiger partial charge in [-0.2, -0.15) is 0 Å². The molecule has 0 saturated heterocycles. The third-order valence-electron chi connectivity index (χ3n) is 2.49. The Hall–Kier alpha value is -2.30. The van der Waals surface area contributed by atoms with Gasteiger partial charge in [0.1, 0.15) is 17.2 Å². The van der Waals surface area contributed by atoms with E-state index in [1.165, 1.54) is 0 Å². The number of anilines is 1.